The minimum absolute atomic E-state index is 0.277. The second-order valence-electron chi connectivity index (χ2n) is 8.25. The van der Waals surface area contributed by atoms with Gasteiger partial charge in [0.2, 0.25) is 5.91 Å². The normalized spacial score (nSPS) is 14.2. The number of aromatic nitrogens is 3. The number of rotatable bonds is 6. The van der Waals surface area contributed by atoms with Crippen LogP contribution in [-0.4, -0.2) is 59.0 Å². The summed E-state index contributed by atoms with van der Waals surface area (Å²) in [6, 6.07) is 17.4. The molecule has 0 spiro atoms. The molecule has 2 aromatic heterocycles. The van der Waals surface area contributed by atoms with Gasteiger partial charge in [-0.3, -0.25) is 4.79 Å². The van der Waals surface area contributed by atoms with E-state index in [0.29, 0.717) is 28.4 Å². The predicted octanol–water partition coefficient (Wildman–Crippen LogP) is 4.29. The van der Waals surface area contributed by atoms with E-state index in [2.05, 4.69) is 68.0 Å². The highest BCUT2D eigenvalue weighted by Gasteiger charge is 2.15. The maximum atomic E-state index is 11.6. The Bertz CT molecular complexity index is 1320. The van der Waals surface area contributed by atoms with Gasteiger partial charge in [0.05, 0.1) is 0 Å². The van der Waals surface area contributed by atoms with Crippen molar-refractivity contribution >= 4 is 28.4 Å². The molecule has 172 valence electrons. The summed E-state index contributed by atoms with van der Waals surface area (Å²) in [6.45, 7) is 7.68. The first-order valence-electron chi connectivity index (χ1n) is 11.2. The molecule has 2 aromatic carbocycles. The fourth-order valence-electron chi connectivity index (χ4n) is 3.96. The third kappa shape index (κ3) is 4.62. The molecule has 3 heterocycles. The summed E-state index contributed by atoms with van der Waals surface area (Å²) >= 11 is 0. The van der Waals surface area contributed by atoms with Gasteiger partial charge in [-0.15, -0.1) is 0 Å². The second-order valence-corrected chi connectivity index (χ2v) is 8.25. The van der Waals surface area contributed by atoms with Crippen molar-refractivity contribution in [1.29, 1.82) is 0 Å². The van der Waals surface area contributed by atoms with Gasteiger partial charge in [-0.25, -0.2) is 9.97 Å². The number of hydrogen-bond acceptors (Lipinski definition) is 6. The Labute approximate surface area is 197 Å². The number of pyridine rings is 1. The van der Waals surface area contributed by atoms with E-state index in [0.717, 1.165) is 37.6 Å². The van der Waals surface area contributed by atoms with Gasteiger partial charge in [0.15, 0.2) is 11.4 Å². The fraction of sp³-hybridized carbons (Fsp3) is 0.192. The highest BCUT2D eigenvalue weighted by atomic mass is 16.5. The number of fused-ring (bicyclic) bond motifs is 1. The SMILES string of the molecule is C=CC(=O)Nc1cccc(Oc2ccnc3nc(-c4ccc(N5CCN(C)CC5)cc4)[nH]c23)c1. The average Bonchev–Trinajstić information content (AvgIpc) is 3.30. The van der Waals surface area contributed by atoms with Crippen molar-refractivity contribution in [2.24, 2.45) is 0 Å². The molecule has 1 saturated heterocycles. The smallest absolute Gasteiger partial charge is 0.247 e. The number of imidazole rings is 1. The van der Waals surface area contributed by atoms with E-state index in [-0.39, 0.29) is 5.91 Å². The topological polar surface area (TPSA) is 86.4 Å². The third-order valence-corrected chi connectivity index (χ3v) is 5.88. The Morgan fingerprint density at radius 3 is 2.68 bits per heavy atom. The lowest BCUT2D eigenvalue weighted by Crippen LogP contribution is -2.44. The quantitative estimate of drug-likeness (QED) is 0.423. The Hall–Kier alpha value is -4.17. The lowest BCUT2D eigenvalue weighted by atomic mass is 10.1. The molecule has 0 aliphatic carbocycles. The molecule has 1 amide bonds. The fourth-order valence-corrected chi connectivity index (χ4v) is 3.96. The van der Waals surface area contributed by atoms with E-state index in [9.17, 15) is 4.79 Å². The molecule has 0 unspecified atom stereocenters. The van der Waals surface area contributed by atoms with Crippen molar-refractivity contribution in [2.75, 3.05) is 43.4 Å². The summed E-state index contributed by atoms with van der Waals surface area (Å²) in [5.74, 6) is 1.64. The van der Waals surface area contributed by atoms with Gasteiger partial charge in [-0.2, -0.15) is 0 Å². The number of carbonyl (C=O) groups is 1. The Balaban J connectivity index is 1.37. The molecule has 0 saturated carbocycles. The zero-order valence-electron chi connectivity index (χ0n) is 19.0. The van der Waals surface area contributed by atoms with Crippen LogP contribution in [0.5, 0.6) is 11.5 Å². The van der Waals surface area contributed by atoms with Gasteiger partial charge in [0.25, 0.3) is 0 Å². The molecule has 0 atom stereocenters. The van der Waals surface area contributed by atoms with Crippen LogP contribution in [0.15, 0.2) is 73.4 Å². The number of nitrogens with zero attached hydrogens (tertiary/aromatic N) is 4. The monoisotopic (exact) mass is 454 g/mol. The molecule has 5 rings (SSSR count). The van der Waals surface area contributed by atoms with Crippen LogP contribution in [0, 0.1) is 0 Å². The number of nitrogens with one attached hydrogen (secondary N) is 2. The zero-order chi connectivity index (χ0) is 23.5. The van der Waals surface area contributed by atoms with Crippen molar-refractivity contribution in [1.82, 2.24) is 19.9 Å². The van der Waals surface area contributed by atoms with Crippen LogP contribution in [0.2, 0.25) is 0 Å². The first-order chi connectivity index (χ1) is 16.6. The van der Waals surface area contributed by atoms with Gasteiger partial charge in [-0.1, -0.05) is 12.6 Å². The number of carbonyl (C=O) groups excluding carboxylic acids is 1. The molecule has 1 fully saturated rings. The summed E-state index contributed by atoms with van der Waals surface area (Å²) in [5.41, 5.74) is 4.11. The molecule has 8 heteroatoms. The molecule has 0 bridgehead atoms. The van der Waals surface area contributed by atoms with Crippen molar-refractivity contribution in [3.63, 3.8) is 0 Å². The van der Waals surface area contributed by atoms with Gasteiger partial charge in [-0.05, 0) is 49.5 Å². The number of amides is 1. The molecule has 4 aromatic rings. The average molecular weight is 455 g/mol. The predicted molar refractivity (Wildman–Crippen MR) is 134 cm³/mol. The van der Waals surface area contributed by atoms with Crippen LogP contribution in [-0.2, 0) is 4.79 Å². The Kier molecular flexibility index (Phi) is 5.97. The molecule has 34 heavy (non-hydrogen) atoms. The van der Waals surface area contributed by atoms with Crippen LogP contribution in [0.25, 0.3) is 22.6 Å². The molecule has 1 aliphatic heterocycles. The first kappa shape index (κ1) is 21.7. The molecule has 1 aliphatic rings. The number of anilines is 2. The van der Waals surface area contributed by atoms with E-state index in [1.165, 1.54) is 11.8 Å². The molecule has 2 N–H and O–H groups in total. The van der Waals surface area contributed by atoms with Gasteiger partial charge in [0, 0.05) is 61.4 Å². The maximum absolute atomic E-state index is 11.6. The lowest BCUT2D eigenvalue weighted by Gasteiger charge is -2.34. The van der Waals surface area contributed by atoms with Crippen molar-refractivity contribution in [3.8, 4) is 22.9 Å². The number of benzene rings is 2. The van der Waals surface area contributed by atoms with Gasteiger partial charge >= 0.3 is 0 Å². The summed E-state index contributed by atoms with van der Waals surface area (Å²) in [5, 5.41) is 2.74. The van der Waals surface area contributed by atoms with Crippen molar-refractivity contribution in [3.05, 3.63) is 73.4 Å². The number of likely N-dealkylation sites (N-methyl/N-ethyl adjacent to an activating group) is 1. The highest BCUT2D eigenvalue weighted by Crippen LogP contribution is 2.31. The standard InChI is InChI=1S/C26H26N6O2/c1-3-23(33)28-19-5-4-6-21(17-19)34-22-11-12-27-26-24(22)29-25(30-26)18-7-9-20(10-8-18)32-15-13-31(2)14-16-32/h3-12,17H,1,13-16H2,2H3,(H,28,33)(H,27,29,30). The highest BCUT2D eigenvalue weighted by molar-refractivity contribution is 5.99. The van der Waals surface area contributed by atoms with Crippen LogP contribution in [0.1, 0.15) is 0 Å². The Morgan fingerprint density at radius 1 is 1.12 bits per heavy atom. The number of aromatic amines is 1. The molecular weight excluding hydrogens is 428 g/mol. The van der Waals surface area contributed by atoms with E-state index >= 15 is 0 Å². The van der Waals surface area contributed by atoms with E-state index in [1.54, 1.807) is 24.4 Å². The second kappa shape index (κ2) is 9.36. The molecule has 8 nitrogen and oxygen atoms in total. The van der Waals surface area contributed by atoms with Crippen LogP contribution >= 0.6 is 0 Å². The van der Waals surface area contributed by atoms with Crippen LogP contribution in [0.4, 0.5) is 11.4 Å². The summed E-state index contributed by atoms with van der Waals surface area (Å²) in [6.07, 6.45) is 2.89. The summed E-state index contributed by atoms with van der Waals surface area (Å²) in [4.78, 5) is 28.8. The van der Waals surface area contributed by atoms with Crippen molar-refractivity contribution in [2.45, 2.75) is 0 Å². The van der Waals surface area contributed by atoms with Crippen LogP contribution in [0.3, 0.4) is 0 Å². The number of H-pyrrole nitrogens is 1. The third-order valence-electron chi connectivity index (χ3n) is 5.88. The van der Waals surface area contributed by atoms with E-state index in [4.69, 9.17) is 4.74 Å². The summed E-state index contributed by atoms with van der Waals surface area (Å²) in [7, 11) is 2.16. The van der Waals surface area contributed by atoms with Gasteiger partial charge < -0.3 is 24.8 Å². The largest absolute Gasteiger partial charge is 0.455 e. The summed E-state index contributed by atoms with van der Waals surface area (Å²) < 4.78 is 6.10. The minimum atomic E-state index is -0.277. The first-order valence-corrected chi connectivity index (χ1v) is 11.2. The molecule has 0 radical (unpaired) electrons. The lowest BCUT2D eigenvalue weighted by molar-refractivity contribution is -0.111. The molecular formula is C26H26N6O2. The minimum Gasteiger partial charge on any atom is -0.455 e. The number of piperazine rings is 1. The van der Waals surface area contributed by atoms with E-state index < -0.39 is 0 Å². The van der Waals surface area contributed by atoms with Crippen LogP contribution < -0.4 is 15.0 Å². The zero-order valence-corrected chi connectivity index (χ0v) is 19.0. The Morgan fingerprint density at radius 2 is 1.91 bits per heavy atom. The maximum Gasteiger partial charge on any atom is 0.247 e. The van der Waals surface area contributed by atoms with Crippen molar-refractivity contribution < 1.29 is 9.53 Å². The number of hydrogen-bond donors (Lipinski definition) is 2. The number of ether oxygens (including phenoxy) is 1. The van der Waals surface area contributed by atoms with E-state index in [1.807, 2.05) is 12.1 Å². The van der Waals surface area contributed by atoms with Gasteiger partial charge in [0.1, 0.15) is 17.1 Å².